The maximum Gasteiger partial charge on any atom is 0.418 e. The third kappa shape index (κ3) is 3.86. The van der Waals surface area contributed by atoms with Gasteiger partial charge in [-0.05, 0) is 32.0 Å². The number of ether oxygens (including phenoxy) is 1. The van der Waals surface area contributed by atoms with Crippen molar-refractivity contribution in [1.29, 1.82) is 0 Å². The molecular formula is C13H16F3NO3. The molecule has 0 bridgehead atoms. The van der Waals surface area contributed by atoms with Gasteiger partial charge in [-0.15, -0.1) is 0 Å². The van der Waals surface area contributed by atoms with Gasteiger partial charge in [-0.1, -0.05) is 6.07 Å². The minimum absolute atomic E-state index is 0.000113. The molecule has 1 aromatic carbocycles. The number of alkyl halides is 3. The van der Waals surface area contributed by atoms with Crippen LogP contribution in [0.3, 0.4) is 0 Å². The second-order valence-electron chi connectivity index (χ2n) is 4.40. The Morgan fingerprint density at radius 2 is 2.05 bits per heavy atom. The predicted octanol–water partition coefficient (Wildman–Crippen LogP) is 3.15. The Bertz CT molecular complexity index is 476. The number of carboxylic acid groups (broad SMARTS) is 1. The first-order chi connectivity index (χ1) is 9.19. The molecule has 0 aromatic heterocycles. The third-order valence-corrected chi connectivity index (χ3v) is 2.80. The van der Waals surface area contributed by atoms with Crippen molar-refractivity contribution in [2.24, 2.45) is 0 Å². The SMILES string of the molecule is CCOC(C)(CNc1cccc(C(=O)O)c1)C(F)(F)F. The average Bonchev–Trinajstić information content (AvgIpc) is 2.36. The monoisotopic (exact) mass is 291 g/mol. The van der Waals surface area contributed by atoms with Crippen LogP contribution in [-0.2, 0) is 4.74 Å². The van der Waals surface area contributed by atoms with E-state index in [1.807, 2.05) is 0 Å². The highest BCUT2D eigenvalue weighted by atomic mass is 19.4. The maximum atomic E-state index is 12.9. The lowest BCUT2D eigenvalue weighted by molar-refractivity contribution is -0.263. The molecule has 0 aliphatic carbocycles. The summed E-state index contributed by atoms with van der Waals surface area (Å²) in [5, 5.41) is 11.4. The Morgan fingerprint density at radius 3 is 2.55 bits per heavy atom. The number of aromatic carboxylic acids is 1. The molecule has 0 saturated carbocycles. The number of anilines is 1. The van der Waals surface area contributed by atoms with E-state index in [1.54, 1.807) is 0 Å². The Hall–Kier alpha value is -1.76. The van der Waals surface area contributed by atoms with Gasteiger partial charge < -0.3 is 15.2 Å². The lowest BCUT2D eigenvalue weighted by Crippen LogP contribution is -2.50. The highest BCUT2D eigenvalue weighted by molar-refractivity contribution is 5.88. The van der Waals surface area contributed by atoms with Crippen molar-refractivity contribution in [1.82, 2.24) is 0 Å². The molecule has 0 saturated heterocycles. The van der Waals surface area contributed by atoms with Crippen LogP contribution in [0.25, 0.3) is 0 Å². The van der Waals surface area contributed by atoms with E-state index in [0.29, 0.717) is 5.69 Å². The molecule has 1 unspecified atom stereocenters. The van der Waals surface area contributed by atoms with E-state index < -0.39 is 24.3 Å². The fourth-order valence-corrected chi connectivity index (χ4v) is 1.58. The molecule has 0 aliphatic rings. The second-order valence-corrected chi connectivity index (χ2v) is 4.40. The number of hydrogen-bond donors (Lipinski definition) is 2. The highest BCUT2D eigenvalue weighted by Crippen LogP contribution is 2.33. The quantitative estimate of drug-likeness (QED) is 0.845. The Labute approximate surface area is 114 Å². The molecule has 0 radical (unpaired) electrons. The first-order valence-corrected chi connectivity index (χ1v) is 5.97. The first-order valence-electron chi connectivity index (χ1n) is 5.97. The number of hydrogen-bond acceptors (Lipinski definition) is 3. The van der Waals surface area contributed by atoms with Crippen molar-refractivity contribution in [3.05, 3.63) is 29.8 Å². The van der Waals surface area contributed by atoms with E-state index in [-0.39, 0.29) is 12.2 Å². The van der Waals surface area contributed by atoms with Crippen LogP contribution in [0.2, 0.25) is 0 Å². The first kappa shape index (κ1) is 16.3. The van der Waals surface area contributed by atoms with Gasteiger partial charge >= 0.3 is 12.1 Å². The van der Waals surface area contributed by atoms with E-state index in [2.05, 4.69) is 5.32 Å². The predicted molar refractivity (Wildman–Crippen MR) is 68.0 cm³/mol. The van der Waals surface area contributed by atoms with E-state index in [4.69, 9.17) is 9.84 Å². The summed E-state index contributed by atoms with van der Waals surface area (Å²) in [6, 6.07) is 5.58. The molecule has 0 spiro atoms. The molecule has 7 heteroatoms. The Morgan fingerprint density at radius 1 is 1.40 bits per heavy atom. The number of rotatable bonds is 6. The third-order valence-electron chi connectivity index (χ3n) is 2.80. The van der Waals surface area contributed by atoms with E-state index >= 15 is 0 Å². The second kappa shape index (κ2) is 6.13. The molecule has 1 aromatic rings. The van der Waals surface area contributed by atoms with Crippen LogP contribution in [-0.4, -0.2) is 36.0 Å². The van der Waals surface area contributed by atoms with E-state index in [9.17, 15) is 18.0 Å². The molecule has 0 fully saturated rings. The van der Waals surface area contributed by atoms with Crippen molar-refractivity contribution in [2.45, 2.75) is 25.6 Å². The van der Waals surface area contributed by atoms with Gasteiger partial charge in [0, 0.05) is 12.3 Å². The summed E-state index contributed by atoms with van der Waals surface area (Å²) in [4.78, 5) is 10.8. The van der Waals surface area contributed by atoms with Gasteiger partial charge in [-0.2, -0.15) is 13.2 Å². The fraction of sp³-hybridized carbons (Fsp3) is 0.462. The number of benzene rings is 1. The fourth-order valence-electron chi connectivity index (χ4n) is 1.58. The molecule has 20 heavy (non-hydrogen) atoms. The summed E-state index contributed by atoms with van der Waals surface area (Å²) in [5.74, 6) is -1.14. The Kier molecular flexibility index (Phi) is 4.99. The summed E-state index contributed by atoms with van der Waals surface area (Å²) in [5.41, 5.74) is -2.04. The van der Waals surface area contributed by atoms with Gasteiger partial charge in [-0.25, -0.2) is 4.79 Å². The van der Waals surface area contributed by atoms with Crippen molar-refractivity contribution in [2.75, 3.05) is 18.5 Å². The van der Waals surface area contributed by atoms with Gasteiger partial charge in [-0.3, -0.25) is 0 Å². The van der Waals surface area contributed by atoms with Gasteiger partial charge in [0.15, 0.2) is 5.60 Å². The van der Waals surface area contributed by atoms with Crippen LogP contribution in [0, 0.1) is 0 Å². The molecule has 2 N–H and O–H groups in total. The summed E-state index contributed by atoms with van der Waals surface area (Å²) in [6.07, 6.45) is -4.53. The minimum atomic E-state index is -4.53. The number of carboxylic acids is 1. The zero-order valence-corrected chi connectivity index (χ0v) is 11.1. The molecule has 0 heterocycles. The van der Waals surface area contributed by atoms with Gasteiger partial charge in [0.25, 0.3) is 0 Å². The van der Waals surface area contributed by atoms with E-state index in [0.717, 1.165) is 6.92 Å². The van der Waals surface area contributed by atoms with Crippen molar-refractivity contribution in [3.63, 3.8) is 0 Å². The molecule has 112 valence electrons. The van der Waals surface area contributed by atoms with Gasteiger partial charge in [0.05, 0.1) is 12.1 Å². The summed E-state index contributed by atoms with van der Waals surface area (Å²) < 4.78 is 43.6. The topological polar surface area (TPSA) is 58.6 Å². The largest absolute Gasteiger partial charge is 0.478 e. The van der Waals surface area contributed by atoms with Crippen LogP contribution >= 0.6 is 0 Å². The maximum absolute atomic E-state index is 12.9. The van der Waals surface area contributed by atoms with Crippen LogP contribution in [0.1, 0.15) is 24.2 Å². The molecule has 0 amide bonds. The lowest BCUT2D eigenvalue weighted by Gasteiger charge is -2.32. The minimum Gasteiger partial charge on any atom is -0.478 e. The number of halogens is 3. The van der Waals surface area contributed by atoms with Gasteiger partial charge in [0.2, 0.25) is 0 Å². The summed E-state index contributed by atoms with van der Waals surface area (Å²) in [6.45, 7) is 1.85. The zero-order valence-electron chi connectivity index (χ0n) is 11.1. The molecule has 1 atom stereocenters. The molecular weight excluding hydrogens is 275 g/mol. The zero-order chi connectivity index (χ0) is 15.4. The number of nitrogens with one attached hydrogen (secondary N) is 1. The Balaban J connectivity index is 2.83. The smallest absolute Gasteiger partial charge is 0.418 e. The van der Waals surface area contributed by atoms with Gasteiger partial charge in [0.1, 0.15) is 0 Å². The van der Waals surface area contributed by atoms with Crippen LogP contribution in [0.4, 0.5) is 18.9 Å². The van der Waals surface area contributed by atoms with Crippen molar-refractivity contribution < 1.29 is 27.8 Å². The lowest BCUT2D eigenvalue weighted by atomic mass is 10.1. The number of carbonyl (C=O) groups is 1. The molecule has 1 rings (SSSR count). The summed E-state index contributed by atoms with van der Waals surface area (Å²) in [7, 11) is 0. The van der Waals surface area contributed by atoms with Crippen LogP contribution in [0.5, 0.6) is 0 Å². The summed E-state index contributed by atoms with van der Waals surface area (Å²) >= 11 is 0. The van der Waals surface area contributed by atoms with Crippen molar-refractivity contribution in [3.8, 4) is 0 Å². The van der Waals surface area contributed by atoms with Crippen LogP contribution < -0.4 is 5.32 Å². The average molecular weight is 291 g/mol. The highest BCUT2D eigenvalue weighted by Gasteiger charge is 2.52. The molecule has 4 nitrogen and oxygen atoms in total. The standard InChI is InChI=1S/C13H16F3NO3/c1-3-20-12(2,13(14,15)16)8-17-10-6-4-5-9(7-10)11(18)19/h4-7,17H,3,8H2,1-2H3,(H,18,19). The van der Waals surface area contributed by atoms with Crippen molar-refractivity contribution >= 4 is 11.7 Å². The van der Waals surface area contributed by atoms with E-state index in [1.165, 1.54) is 31.2 Å². The normalized spacial score (nSPS) is 14.7. The molecule has 0 aliphatic heterocycles. The van der Waals surface area contributed by atoms with Crippen LogP contribution in [0.15, 0.2) is 24.3 Å².